The molecule has 0 saturated carbocycles. The van der Waals surface area contributed by atoms with Gasteiger partial charge in [-0.15, -0.1) is 0 Å². The van der Waals surface area contributed by atoms with Crippen molar-refractivity contribution in [3.63, 3.8) is 0 Å². The molecular formula is C11H16BrN3O. The molecule has 0 spiro atoms. The molecule has 0 radical (unpaired) electrons. The average molecular weight is 286 g/mol. The maximum Gasteiger partial charge on any atom is 0.150 e. The first kappa shape index (κ1) is 11.8. The molecule has 2 heterocycles. The first-order valence-corrected chi connectivity index (χ1v) is 6.56. The van der Waals surface area contributed by atoms with Crippen LogP contribution in [0.1, 0.15) is 12.6 Å². The summed E-state index contributed by atoms with van der Waals surface area (Å²) in [6, 6.07) is 0.352. The summed E-state index contributed by atoms with van der Waals surface area (Å²) >= 11 is 3.46. The van der Waals surface area contributed by atoms with Crippen molar-refractivity contribution in [3.05, 3.63) is 18.1 Å². The number of hydrogen-bond donors (Lipinski definition) is 0. The minimum absolute atomic E-state index is 0.234. The molecular weight excluding hydrogens is 270 g/mol. The van der Waals surface area contributed by atoms with E-state index in [2.05, 4.69) is 37.7 Å². The summed E-state index contributed by atoms with van der Waals surface area (Å²) < 4.78 is 5.69. The van der Waals surface area contributed by atoms with E-state index < -0.39 is 0 Å². The van der Waals surface area contributed by atoms with Crippen molar-refractivity contribution < 1.29 is 4.74 Å². The zero-order chi connectivity index (χ0) is 11.5. The fourth-order valence-corrected chi connectivity index (χ4v) is 2.28. The molecule has 1 saturated heterocycles. The van der Waals surface area contributed by atoms with Crippen LogP contribution in [0.2, 0.25) is 0 Å². The Morgan fingerprint density at radius 3 is 2.94 bits per heavy atom. The number of hydrogen-bond acceptors (Lipinski definition) is 4. The standard InChI is InChI=1S/C11H16BrN3O/c1-8-7-16-10(5-12)6-15(8)11-9(2)13-3-4-14-11/h3-4,8,10H,5-7H2,1-2H3. The van der Waals surface area contributed by atoms with Crippen molar-refractivity contribution in [2.75, 3.05) is 23.4 Å². The molecule has 0 aromatic carbocycles. The van der Waals surface area contributed by atoms with Gasteiger partial charge in [0.15, 0.2) is 0 Å². The van der Waals surface area contributed by atoms with Gasteiger partial charge in [0.25, 0.3) is 0 Å². The van der Waals surface area contributed by atoms with Gasteiger partial charge >= 0.3 is 0 Å². The number of aromatic nitrogens is 2. The average Bonchev–Trinajstić information content (AvgIpc) is 2.31. The van der Waals surface area contributed by atoms with Gasteiger partial charge in [0.05, 0.1) is 24.4 Å². The maximum atomic E-state index is 5.69. The fraction of sp³-hybridized carbons (Fsp3) is 0.636. The van der Waals surface area contributed by atoms with Crippen molar-refractivity contribution >= 4 is 21.7 Å². The highest BCUT2D eigenvalue weighted by atomic mass is 79.9. The van der Waals surface area contributed by atoms with Gasteiger partial charge in [-0.25, -0.2) is 4.98 Å². The number of alkyl halides is 1. The van der Waals surface area contributed by atoms with Crippen LogP contribution in [-0.2, 0) is 4.74 Å². The normalized spacial score (nSPS) is 25.8. The van der Waals surface area contributed by atoms with Crippen LogP contribution in [0.4, 0.5) is 5.82 Å². The van der Waals surface area contributed by atoms with Crippen LogP contribution >= 0.6 is 15.9 Å². The van der Waals surface area contributed by atoms with E-state index in [1.165, 1.54) is 0 Å². The van der Waals surface area contributed by atoms with E-state index in [-0.39, 0.29) is 6.10 Å². The highest BCUT2D eigenvalue weighted by Crippen LogP contribution is 2.22. The van der Waals surface area contributed by atoms with Crippen LogP contribution in [0.3, 0.4) is 0 Å². The minimum Gasteiger partial charge on any atom is -0.373 e. The van der Waals surface area contributed by atoms with E-state index in [1.54, 1.807) is 12.4 Å². The summed E-state index contributed by atoms with van der Waals surface area (Å²) in [5.74, 6) is 0.976. The Morgan fingerprint density at radius 1 is 1.50 bits per heavy atom. The number of halogens is 1. The van der Waals surface area contributed by atoms with E-state index in [0.29, 0.717) is 6.04 Å². The molecule has 1 aromatic rings. The molecule has 0 bridgehead atoms. The Balaban J connectivity index is 2.21. The molecule has 0 amide bonds. The Morgan fingerprint density at radius 2 is 2.25 bits per heavy atom. The largest absolute Gasteiger partial charge is 0.373 e. The van der Waals surface area contributed by atoms with Crippen molar-refractivity contribution in [1.29, 1.82) is 0 Å². The first-order valence-electron chi connectivity index (χ1n) is 5.44. The second-order valence-corrected chi connectivity index (χ2v) is 4.72. The molecule has 1 aliphatic heterocycles. The summed E-state index contributed by atoms with van der Waals surface area (Å²) in [6.45, 7) is 5.75. The fourth-order valence-electron chi connectivity index (χ4n) is 1.89. The van der Waals surface area contributed by atoms with E-state index in [9.17, 15) is 0 Å². The highest BCUT2D eigenvalue weighted by molar-refractivity contribution is 9.09. The van der Waals surface area contributed by atoms with E-state index in [1.807, 2.05) is 6.92 Å². The molecule has 0 aliphatic carbocycles. The minimum atomic E-state index is 0.234. The van der Waals surface area contributed by atoms with Gasteiger partial charge in [0, 0.05) is 24.3 Å². The molecule has 88 valence electrons. The van der Waals surface area contributed by atoms with Crippen molar-refractivity contribution in [2.45, 2.75) is 26.0 Å². The Labute approximate surface area is 104 Å². The Bertz CT molecular complexity index is 361. The molecule has 2 atom stereocenters. The lowest BCUT2D eigenvalue weighted by Crippen LogP contribution is -2.49. The van der Waals surface area contributed by atoms with Gasteiger partial charge in [0.1, 0.15) is 5.82 Å². The number of aryl methyl sites for hydroxylation is 1. The van der Waals surface area contributed by atoms with Gasteiger partial charge in [-0.05, 0) is 13.8 Å². The molecule has 5 heteroatoms. The highest BCUT2D eigenvalue weighted by Gasteiger charge is 2.27. The second kappa shape index (κ2) is 5.10. The molecule has 4 nitrogen and oxygen atoms in total. The Hall–Kier alpha value is -0.680. The molecule has 1 fully saturated rings. The van der Waals surface area contributed by atoms with Crippen LogP contribution < -0.4 is 4.90 Å². The number of rotatable bonds is 2. The molecule has 2 unspecified atom stereocenters. The van der Waals surface area contributed by atoms with Crippen molar-refractivity contribution in [2.24, 2.45) is 0 Å². The van der Waals surface area contributed by atoms with Gasteiger partial charge in [-0.2, -0.15) is 0 Å². The summed E-state index contributed by atoms with van der Waals surface area (Å²) in [6.07, 6.45) is 3.71. The summed E-state index contributed by atoms with van der Waals surface area (Å²) in [4.78, 5) is 11.0. The van der Waals surface area contributed by atoms with Gasteiger partial charge in [-0.1, -0.05) is 15.9 Å². The summed E-state index contributed by atoms with van der Waals surface area (Å²) in [7, 11) is 0. The van der Waals surface area contributed by atoms with Gasteiger partial charge in [-0.3, -0.25) is 4.98 Å². The zero-order valence-corrected chi connectivity index (χ0v) is 11.1. The first-order chi connectivity index (χ1) is 7.72. The van der Waals surface area contributed by atoms with Gasteiger partial charge < -0.3 is 9.64 Å². The topological polar surface area (TPSA) is 38.2 Å². The van der Waals surface area contributed by atoms with Crippen LogP contribution in [-0.4, -0.2) is 40.6 Å². The predicted molar refractivity (Wildman–Crippen MR) is 67.1 cm³/mol. The molecule has 2 rings (SSSR count). The third kappa shape index (κ3) is 2.35. The van der Waals surface area contributed by atoms with Crippen LogP contribution in [0, 0.1) is 6.92 Å². The maximum absolute atomic E-state index is 5.69. The third-order valence-corrected chi connectivity index (χ3v) is 3.53. The van der Waals surface area contributed by atoms with Crippen LogP contribution in [0.25, 0.3) is 0 Å². The summed E-state index contributed by atoms with van der Waals surface area (Å²) in [5.41, 5.74) is 0.976. The number of ether oxygens (including phenoxy) is 1. The smallest absolute Gasteiger partial charge is 0.150 e. The number of morpholine rings is 1. The lowest BCUT2D eigenvalue weighted by Gasteiger charge is -2.38. The number of anilines is 1. The van der Waals surface area contributed by atoms with Crippen LogP contribution in [0.5, 0.6) is 0 Å². The zero-order valence-electron chi connectivity index (χ0n) is 9.56. The molecule has 0 N–H and O–H groups in total. The lowest BCUT2D eigenvalue weighted by molar-refractivity contribution is 0.0376. The second-order valence-electron chi connectivity index (χ2n) is 4.08. The lowest BCUT2D eigenvalue weighted by atomic mass is 10.2. The van der Waals surface area contributed by atoms with Crippen molar-refractivity contribution in [1.82, 2.24) is 9.97 Å². The Kier molecular flexibility index (Phi) is 3.76. The third-order valence-electron chi connectivity index (χ3n) is 2.80. The molecule has 16 heavy (non-hydrogen) atoms. The monoisotopic (exact) mass is 285 g/mol. The van der Waals surface area contributed by atoms with Gasteiger partial charge in [0.2, 0.25) is 0 Å². The SMILES string of the molecule is Cc1nccnc1N1CC(CBr)OCC1C. The number of nitrogens with zero attached hydrogens (tertiary/aromatic N) is 3. The molecule has 1 aromatic heterocycles. The van der Waals surface area contributed by atoms with E-state index in [0.717, 1.165) is 30.0 Å². The quantitative estimate of drug-likeness (QED) is 0.777. The van der Waals surface area contributed by atoms with Crippen LogP contribution in [0.15, 0.2) is 12.4 Å². The molecule has 1 aliphatic rings. The summed E-state index contributed by atoms with van der Waals surface area (Å²) in [5, 5.41) is 0.857. The van der Waals surface area contributed by atoms with E-state index in [4.69, 9.17) is 4.74 Å². The van der Waals surface area contributed by atoms with Crippen molar-refractivity contribution in [3.8, 4) is 0 Å². The van der Waals surface area contributed by atoms with E-state index >= 15 is 0 Å². The predicted octanol–water partition coefficient (Wildman–Crippen LogP) is 1.77.